The highest BCUT2D eigenvalue weighted by Crippen LogP contribution is 2.24. The molecule has 89 heavy (non-hydrogen) atoms. The van der Waals surface area contributed by atoms with Crippen LogP contribution in [0.25, 0.3) is 0 Å². The fraction of sp³-hybridized carbons (Fsp3) is 0.897. The minimum atomic E-state index is -1.57. The van der Waals surface area contributed by atoms with Crippen LogP contribution in [0.1, 0.15) is 386 Å². The molecule has 0 spiro atoms. The molecule has 1 aliphatic rings. The van der Waals surface area contributed by atoms with Crippen molar-refractivity contribution >= 4 is 11.9 Å². The lowest BCUT2D eigenvalue weighted by Gasteiger charge is -2.40. The zero-order valence-corrected chi connectivity index (χ0v) is 58.4. The molecule has 0 aromatic carbocycles. The summed E-state index contributed by atoms with van der Waals surface area (Å²) in [7, 11) is 0. The zero-order chi connectivity index (χ0) is 64.4. The second-order valence-corrected chi connectivity index (χ2v) is 27.1. The number of esters is 1. The molecule has 0 saturated carbocycles. The number of amides is 1. The lowest BCUT2D eigenvalue weighted by atomic mass is 9.99. The van der Waals surface area contributed by atoms with Crippen molar-refractivity contribution in [2.45, 2.75) is 429 Å². The Balaban J connectivity index is 1.89. The monoisotopic (exact) mass is 1260 g/mol. The average molecular weight is 1260 g/mol. The van der Waals surface area contributed by atoms with Gasteiger partial charge < -0.3 is 45.1 Å². The van der Waals surface area contributed by atoms with Crippen LogP contribution in [0.5, 0.6) is 0 Å². The molecular formula is C78H147NO10. The molecule has 1 aliphatic heterocycles. The van der Waals surface area contributed by atoms with Crippen LogP contribution < -0.4 is 5.32 Å². The number of carbonyl (C=O) groups is 2. The van der Waals surface area contributed by atoms with Crippen LogP contribution in [0.15, 0.2) is 36.5 Å². The summed E-state index contributed by atoms with van der Waals surface area (Å²) in [5.41, 5.74) is 0. The molecule has 7 atom stereocenters. The van der Waals surface area contributed by atoms with Gasteiger partial charge >= 0.3 is 5.97 Å². The predicted molar refractivity (Wildman–Crippen MR) is 375 cm³/mol. The molecule has 0 radical (unpaired) electrons. The molecule has 1 fully saturated rings. The van der Waals surface area contributed by atoms with Gasteiger partial charge in [0.15, 0.2) is 6.29 Å². The van der Waals surface area contributed by atoms with Crippen LogP contribution in [-0.2, 0) is 23.8 Å². The number of aliphatic hydroxyl groups excluding tert-OH is 5. The van der Waals surface area contributed by atoms with Gasteiger partial charge in [-0.25, -0.2) is 0 Å². The van der Waals surface area contributed by atoms with Crippen LogP contribution in [0, 0.1) is 0 Å². The number of rotatable bonds is 69. The maximum atomic E-state index is 13.0. The smallest absolute Gasteiger partial charge is 0.305 e. The minimum Gasteiger partial charge on any atom is -0.466 e. The van der Waals surface area contributed by atoms with Gasteiger partial charge in [-0.05, 0) is 64.2 Å². The summed E-state index contributed by atoms with van der Waals surface area (Å²) < 4.78 is 16.7. The first-order valence-corrected chi connectivity index (χ1v) is 38.8. The summed E-state index contributed by atoms with van der Waals surface area (Å²) in [5, 5.41) is 54.4. The molecule has 1 saturated heterocycles. The zero-order valence-electron chi connectivity index (χ0n) is 58.4. The van der Waals surface area contributed by atoms with Crippen LogP contribution in [0.3, 0.4) is 0 Å². The van der Waals surface area contributed by atoms with Crippen molar-refractivity contribution in [1.29, 1.82) is 0 Å². The number of allylic oxidation sites excluding steroid dienone is 5. The van der Waals surface area contributed by atoms with E-state index in [-0.39, 0.29) is 18.5 Å². The first kappa shape index (κ1) is 84.9. The van der Waals surface area contributed by atoms with E-state index in [2.05, 4.69) is 43.5 Å². The summed E-state index contributed by atoms with van der Waals surface area (Å²) in [6, 6.07) is -0.806. The second-order valence-electron chi connectivity index (χ2n) is 27.1. The topological polar surface area (TPSA) is 175 Å². The number of unbranched alkanes of at least 4 members (excludes halogenated alkanes) is 51. The highest BCUT2D eigenvalue weighted by Gasteiger charge is 2.44. The van der Waals surface area contributed by atoms with Gasteiger partial charge in [0, 0.05) is 12.8 Å². The quantitative estimate of drug-likeness (QED) is 0.0195. The second kappa shape index (κ2) is 67.3. The summed E-state index contributed by atoms with van der Waals surface area (Å²) >= 11 is 0. The third kappa shape index (κ3) is 56.0. The van der Waals surface area contributed by atoms with Crippen LogP contribution >= 0.6 is 0 Å². The Morgan fingerprint density at radius 3 is 1.13 bits per heavy atom. The molecule has 1 heterocycles. The summed E-state index contributed by atoms with van der Waals surface area (Å²) in [6.07, 6.45) is 77.6. The molecule has 0 aliphatic carbocycles. The molecule has 0 aromatic rings. The Labute approximate surface area is 549 Å². The van der Waals surface area contributed by atoms with E-state index in [1.165, 1.54) is 302 Å². The highest BCUT2D eigenvalue weighted by molar-refractivity contribution is 5.76. The largest absolute Gasteiger partial charge is 0.466 e. The van der Waals surface area contributed by atoms with Crippen molar-refractivity contribution in [3.05, 3.63) is 36.5 Å². The van der Waals surface area contributed by atoms with Gasteiger partial charge in [0.05, 0.1) is 32.0 Å². The Kier molecular flexibility index (Phi) is 64.2. The van der Waals surface area contributed by atoms with Gasteiger partial charge in [-0.15, -0.1) is 0 Å². The Morgan fingerprint density at radius 2 is 0.753 bits per heavy atom. The van der Waals surface area contributed by atoms with E-state index < -0.39 is 49.5 Å². The summed E-state index contributed by atoms with van der Waals surface area (Å²) in [6.45, 7) is 4.37. The highest BCUT2D eigenvalue weighted by atomic mass is 16.7. The van der Waals surface area contributed by atoms with Crippen LogP contribution in [0.4, 0.5) is 0 Å². The number of hydrogen-bond donors (Lipinski definition) is 6. The number of nitrogens with one attached hydrogen (secondary N) is 1. The van der Waals surface area contributed by atoms with Crippen molar-refractivity contribution in [2.24, 2.45) is 0 Å². The average Bonchev–Trinajstić information content (AvgIpc) is 2.81. The standard InChI is InChI=1S/C78H147NO10/c1-3-5-7-9-11-13-15-46-50-54-58-62-66-74(83)87-67-63-59-55-51-47-44-42-40-38-36-34-32-30-28-26-24-22-20-18-16-17-19-21-23-25-27-29-31-33-35-37-39-41-43-45-49-53-57-61-65-73(82)79-70(69-88-78-77(86)76(85)75(84)72(68-80)89-78)71(81)64-60-56-52-48-14-12-10-8-6-4-2/h16-17,20,22,60,64,70-72,75-78,80-81,84-86H,3-15,18-19,21,23-59,61-63,65-69H2,1-2H3,(H,79,82)/b17-16-,22-20-,64-60+. The molecule has 11 heteroatoms. The van der Waals surface area contributed by atoms with Crippen LogP contribution in [-0.4, -0.2) is 100 Å². The molecule has 524 valence electrons. The molecule has 0 aromatic heterocycles. The maximum Gasteiger partial charge on any atom is 0.305 e. The van der Waals surface area contributed by atoms with Crippen LogP contribution in [0.2, 0.25) is 0 Å². The van der Waals surface area contributed by atoms with E-state index >= 15 is 0 Å². The molecule has 1 rings (SSSR count). The van der Waals surface area contributed by atoms with E-state index in [9.17, 15) is 35.1 Å². The third-order valence-electron chi connectivity index (χ3n) is 18.5. The summed E-state index contributed by atoms with van der Waals surface area (Å²) in [5.74, 6) is -0.162. The van der Waals surface area contributed by atoms with Gasteiger partial charge in [0.2, 0.25) is 5.91 Å². The molecule has 0 bridgehead atoms. The molecular weight excluding hydrogens is 1110 g/mol. The van der Waals surface area contributed by atoms with Gasteiger partial charge in [-0.3, -0.25) is 9.59 Å². The Bertz CT molecular complexity index is 1570. The van der Waals surface area contributed by atoms with Crippen molar-refractivity contribution < 1.29 is 49.3 Å². The van der Waals surface area contributed by atoms with Gasteiger partial charge in [0.25, 0.3) is 0 Å². The third-order valence-corrected chi connectivity index (χ3v) is 18.5. The lowest BCUT2D eigenvalue weighted by molar-refractivity contribution is -0.302. The SMILES string of the molecule is CCCCCCCCCC/C=C/C(O)C(COC1OC(CO)C(O)C(O)C1O)NC(=O)CCCCCCCCCCCCCCCCCCC/C=C\C/C=C\CCCCCCCCCCCCCCCCCOC(=O)CCCCCCCCCCCCCC. The van der Waals surface area contributed by atoms with Crippen molar-refractivity contribution in [1.82, 2.24) is 5.32 Å². The maximum absolute atomic E-state index is 13.0. The lowest BCUT2D eigenvalue weighted by Crippen LogP contribution is -2.60. The number of ether oxygens (including phenoxy) is 3. The first-order valence-electron chi connectivity index (χ1n) is 38.8. The molecule has 11 nitrogen and oxygen atoms in total. The van der Waals surface area contributed by atoms with E-state index in [4.69, 9.17) is 14.2 Å². The van der Waals surface area contributed by atoms with E-state index in [1.54, 1.807) is 6.08 Å². The fourth-order valence-electron chi connectivity index (χ4n) is 12.4. The number of aliphatic hydroxyl groups is 5. The number of hydrogen-bond acceptors (Lipinski definition) is 10. The van der Waals surface area contributed by atoms with Crippen molar-refractivity contribution in [2.75, 3.05) is 19.8 Å². The Morgan fingerprint density at radius 1 is 0.416 bits per heavy atom. The molecule has 6 N–H and O–H groups in total. The number of carbonyl (C=O) groups excluding carboxylic acids is 2. The van der Waals surface area contributed by atoms with E-state index in [0.29, 0.717) is 19.4 Å². The predicted octanol–water partition coefficient (Wildman–Crippen LogP) is 20.5. The molecule has 7 unspecified atom stereocenters. The van der Waals surface area contributed by atoms with Gasteiger partial charge in [0.1, 0.15) is 24.4 Å². The molecule has 1 amide bonds. The normalized spacial score (nSPS) is 17.9. The Hall–Kier alpha value is -2.12. The minimum absolute atomic E-state index is 0.0157. The van der Waals surface area contributed by atoms with Crippen molar-refractivity contribution in [3.8, 4) is 0 Å². The summed E-state index contributed by atoms with van der Waals surface area (Å²) in [4.78, 5) is 25.1. The van der Waals surface area contributed by atoms with Crippen molar-refractivity contribution in [3.63, 3.8) is 0 Å². The van der Waals surface area contributed by atoms with E-state index in [0.717, 1.165) is 57.8 Å². The van der Waals surface area contributed by atoms with Gasteiger partial charge in [-0.2, -0.15) is 0 Å². The fourth-order valence-corrected chi connectivity index (χ4v) is 12.4. The van der Waals surface area contributed by atoms with E-state index in [1.807, 2.05) is 6.08 Å². The van der Waals surface area contributed by atoms with Gasteiger partial charge in [-0.1, -0.05) is 346 Å². The first-order chi connectivity index (χ1) is 43.7.